The number of piperazine rings is 1. The molecule has 0 unspecified atom stereocenters. The number of aromatic amines is 1. The van der Waals surface area contributed by atoms with Gasteiger partial charge in [-0.3, -0.25) is 19.0 Å². The number of amides is 2. The van der Waals surface area contributed by atoms with Crippen LogP contribution in [0.4, 0.5) is 0 Å². The maximum absolute atomic E-state index is 12.6. The molecule has 1 aliphatic rings. The summed E-state index contributed by atoms with van der Waals surface area (Å²) < 4.78 is 1.03. The molecule has 126 valence electrons. The molecule has 3 heterocycles. The molecule has 2 aromatic heterocycles. The topological polar surface area (TPSA) is 95.5 Å². The van der Waals surface area contributed by atoms with E-state index in [4.69, 9.17) is 0 Å². The zero-order chi connectivity index (χ0) is 17.1. The molecule has 8 nitrogen and oxygen atoms in total. The lowest BCUT2D eigenvalue weighted by Crippen LogP contribution is -2.50. The molecule has 1 aliphatic heterocycles. The summed E-state index contributed by atoms with van der Waals surface area (Å²) >= 11 is 1.43. The van der Waals surface area contributed by atoms with Gasteiger partial charge >= 0.3 is 5.69 Å². The highest BCUT2D eigenvalue weighted by atomic mass is 32.1. The van der Waals surface area contributed by atoms with Gasteiger partial charge < -0.3 is 14.8 Å². The SMILES string of the molecule is O=CN1CCN(C(=O)c2c[nH]c(=O)n(Cc3cccs3)c2=O)CC1. The molecular formula is C15H16N4O4S. The van der Waals surface area contributed by atoms with Gasteiger partial charge in [-0.2, -0.15) is 0 Å². The van der Waals surface area contributed by atoms with E-state index in [1.807, 2.05) is 17.5 Å². The van der Waals surface area contributed by atoms with Gasteiger partial charge in [-0.15, -0.1) is 11.3 Å². The van der Waals surface area contributed by atoms with Crippen LogP contribution in [0.25, 0.3) is 0 Å². The highest BCUT2D eigenvalue weighted by molar-refractivity contribution is 7.09. The lowest BCUT2D eigenvalue weighted by atomic mass is 10.2. The lowest BCUT2D eigenvalue weighted by molar-refractivity contribution is -0.119. The van der Waals surface area contributed by atoms with Crippen molar-refractivity contribution in [1.29, 1.82) is 0 Å². The number of carbonyl (C=O) groups is 2. The number of nitrogens with zero attached hydrogens (tertiary/aromatic N) is 3. The second kappa shape index (κ2) is 6.83. The van der Waals surface area contributed by atoms with Gasteiger partial charge in [0.2, 0.25) is 6.41 Å². The van der Waals surface area contributed by atoms with E-state index in [2.05, 4.69) is 4.98 Å². The van der Waals surface area contributed by atoms with Gasteiger partial charge in [0.25, 0.3) is 11.5 Å². The number of carbonyl (C=O) groups excluding carboxylic acids is 2. The van der Waals surface area contributed by atoms with Crippen LogP contribution in [0.3, 0.4) is 0 Å². The second-order valence-corrected chi connectivity index (χ2v) is 6.44. The number of H-pyrrole nitrogens is 1. The molecule has 1 fully saturated rings. The Kier molecular flexibility index (Phi) is 4.61. The fraction of sp³-hybridized carbons (Fsp3) is 0.333. The van der Waals surface area contributed by atoms with E-state index in [9.17, 15) is 19.2 Å². The van der Waals surface area contributed by atoms with Gasteiger partial charge in [0.15, 0.2) is 0 Å². The fourth-order valence-electron chi connectivity index (χ4n) is 2.57. The Bertz CT molecular complexity index is 847. The van der Waals surface area contributed by atoms with Crippen molar-refractivity contribution in [3.05, 3.63) is 55.0 Å². The van der Waals surface area contributed by atoms with Crippen LogP contribution in [0, 0.1) is 0 Å². The van der Waals surface area contributed by atoms with Gasteiger partial charge in [-0.1, -0.05) is 6.07 Å². The third kappa shape index (κ3) is 3.16. The van der Waals surface area contributed by atoms with Gasteiger partial charge in [0, 0.05) is 37.3 Å². The van der Waals surface area contributed by atoms with Crippen molar-refractivity contribution in [3.8, 4) is 0 Å². The van der Waals surface area contributed by atoms with Crippen LogP contribution in [0.5, 0.6) is 0 Å². The molecule has 3 rings (SSSR count). The predicted molar refractivity (Wildman–Crippen MR) is 88.3 cm³/mol. The number of thiophene rings is 1. The van der Waals surface area contributed by atoms with Crippen molar-refractivity contribution in [1.82, 2.24) is 19.4 Å². The quantitative estimate of drug-likeness (QED) is 0.758. The zero-order valence-electron chi connectivity index (χ0n) is 12.8. The Morgan fingerprint density at radius 2 is 2.00 bits per heavy atom. The minimum absolute atomic E-state index is 0.0642. The smallest absolute Gasteiger partial charge is 0.328 e. The van der Waals surface area contributed by atoms with Crippen molar-refractivity contribution in [2.45, 2.75) is 6.54 Å². The van der Waals surface area contributed by atoms with Crippen LogP contribution in [0.15, 0.2) is 33.3 Å². The Hall–Kier alpha value is -2.68. The molecule has 0 bridgehead atoms. The predicted octanol–water partition coefficient (Wildman–Crippen LogP) is -0.439. The molecule has 24 heavy (non-hydrogen) atoms. The third-order valence-corrected chi connectivity index (χ3v) is 4.80. The molecule has 0 saturated carbocycles. The highest BCUT2D eigenvalue weighted by Crippen LogP contribution is 2.09. The average molecular weight is 348 g/mol. The van der Waals surface area contributed by atoms with Crippen molar-refractivity contribution < 1.29 is 9.59 Å². The minimum atomic E-state index is -0.602. The Labute approximate surface area is 140 Å². The highest BCUT2D eigenvalue weighted by Gasteiger charge is 2.24. The fourth-order valence-corrected chi connectivity index (χ4v) is 3.26. The summed E-state index contributed by atoms with van der Waals surface area (Å²) in [7, 11) is 0. The summed E-state index contributed by atoms with van der Waals surface area (Å²) in [6, 6.07) is 3.66. The van der Waals surface area contributed by atoms with Crippen molar-refractivity contribution in [3.63, 3.8) is 0 Å². The van der Waals surface area contributed by atoms with Crippen LogP contribution in [-0.4, -0.2) is 57.8 Å². The van der Waals surface area contributed by atoms with Crippen molar-refractivity contribution in [2.75, 3.05) is 26.2 Å². The molecule has 2 amide bonds. The molecule has 0 aliphatic carbocycles. The van der Waals surface area contributed by atoms with Gasteiger partial charge in [0.05, 0.1) is 6.54 Å². The van der Waals surface area contributed by atoms with E-state index < -0.39 is 17.2 Å². The summed E-state index contributed by atoms with van der Waals surface area (Å²) in [5.74, 6) is -0.429. The van der Waals surface area contributed by atoms with Crippen molar-refractivity contribution >= 4 is 23.7 Å². The first-order chi connectivity index (χ1) is 11.6. The molecule has 1 N–H and O–H groups in total. The average Bonchev–Trinajstić information content (AvgIpc) is 3.11. The largest absolute Gasteiger partial charge is 0.342 e. The molecule has 9 heteroatoms. The van der Waals surface area contributed by atoms with Crippen LogP contribution < -0.4 is 11.2 Å². The lowest BCUT2D eigenvalue weighted by Gasteiger charge is -2.32. The van der Waals surface area contributed by atoms with Gasteiger partial charge in [-0.05, 0) is 11.4 Å². The molecular weight excluding hydrogens is 332 g/mol. The number of aromatic nitrogens is 2. The van der Waals surface area contributed by atoms with Crippen LogP contribution >= 0.6 is 11.3 Å². The van der Waals surface area contributed by atoms with Gasteiger partial charge in [0.1, 0.15) is 5.56 Å². The van der Waals surface area contributed by atoms with Crippen LogP contribution in [0.1, 0.15) is 15.2 Å². The van der Waals surface area contributed by atoms with Gasteiger partial charge in [-0.25, -0.2) is 4.79 Å². The maximum Gasteiger partial charge on any atom is 0.328 e. The number of nitrogens with one attached hydrogen (secondary N) is 1. The second-order valence-electron chi connectivity index (χ2n) is 5.41. The van der Waals surface area contributed by atoms with E-state index in [1.54, 1.807) is 4.90 Å². The van der Waals surface area contributed by atoms with Crippen LogP contribution in [-0.2, 0) is 11.3 Å². The molecule has 1 saturated heterocycles. The maximum atomic E-state index is 12.6. The standard InChI is InChI=1S/C15H16N4O4S/c20-10-17-3-5-18(6-4-17)13(21)12-8-16-15(23)19(14(12)22)9-11-2-1-7-24-11/h1-2,7-8,10H,3-6,9H2,(H,16,23). The van der Waals surface area contributed by atoms with Crippen molar-refractivity contribution in [2.24, 2.45) is 0 Å². The van der Waals surface area contributed by atoms with E-state index >= 15 is 0 Å². The zero-order valence-corrected chi connectivity index (χ0v) is 13.6. The Morgan fingerprint density at radius 3 is 2.62 bits per heavy atom. The monoisotopic (exact) mass is 348 g/mol. The Balaban J connectivity index is 1.86. The summed E-state index contributed by atoms with van der Waals surface area (Å²) in [5, 5.41) is 1.86. The number of hydrogen-bond donors (Lipinski definition) is 1. The number of rotatable bonds is 4. The van der Waals surface area contributed by atoms with E-state index in [-0.39, 0.29) is 12.1 Å². The Morgan fingerprint density at radius 1 is 1.25 bits per heavy atom. The first-order valence-corrected chi connectivity index (χ1v) is 8.31. The molecule has 0 atom stereocenters. The first kappa shape index (κ1) is 16.2. The molecule has 2 aromatic rings. The summed E-state index contributed by atoms with van der Waals surface area (Å²) in [5.41, 5.74) is -1.21. The van der Waals surface area contributed by atoms with E-state index in [1.165, 1.54) is 22.4 Å². The minimum Gasteiger partial charge on any atom is -0.342 e. The number of hydrogen-bond acceptors (Lipinski definition) is 5. The summed E-state index contributed by atoms with van der Waals surface area (Å²) in [6.07, 6.45) is 1.92. The van der Waals surface area contributed by atoms with E-state index in [0.717, 1.165) is 15.9 Å². The summed E-state index contributed by atoms with van der Waals surface area (Å²) in [6.45, 7) is 1.72. The third-order valence-electron chi connectivity index (χ3n) is 3.94. The normalized spacial score (nSPS) is 14.7. The molecule has 0 radical (unpaired) electrons. The molecule has 0 aromatic carbocycles. The summed E-state index contributed by atoms with van der Waals surface area (Å²) in [4.78, 5) is 54.2. The van der Waals surface area contributed by atoms with Crippen LogP contribution in [0.2, 0.25) is 0 Å². The molecule has 0 spiro atoms. The van der Waals surface area contributed by atoms with E-state index in [0.29, 0.717) is 26.2 Å². The first-order valence-electron chi connectivity index (χ1n) is 7.43.